The standard InChI is InChI=1S/C9H18O3/c1-6(2)5-8(10)7(3)9(11)12-4/h6-8,10H,5H2,1-4H3. The highest BCUT2D eigenvalue weighted by atomic mass is 16.5. The smallest absolute Gasteiger partial charge is 0.311 e. The number of methoxy groups -OCH3 is 1. The zero-order valence-corrected chi connectivity index (χ0v) is 8.20. The van der Waals surface area contributed by atoms with Gasteiger partial charge in [0.15, 0.2) is 0 Å². The van der Waals surface area contributed by atoms with Crippen molar-refractivity contribution in [1.82, 2.24) is 0 Å². The minimum absolute atomic E-state index is 0.344. The third kappa shape index (κ3) is 3.72. The lowest BCUT2D eigenvalue weighted by Crippen LogP contribution is -2.27. The Bertz CT molecular complexity index is 143. The lowest BCUT2D eigenvalue weighted by molar-refractivity contribution is -0.148. The molecule has 0 radical (unpaired) electrons. The zero-order valence-electron chi connectivity index (χ0n) is 8.20. The Hall–Kier alpha value is -0.570. The maximum absolute atomic E-state index is 11.0. The van der Waals surface area contributed by atoms with E-state index in [1.807, 2.05) is 13.8 Å². The van der Waals surface area contributed by atoms with Crippen LogP contribution in [0.4, 0.5) is 0 Å². The van der Waals surface area contributed by atoms with Gasteiger partial charge in [0.25, 0.3) is 0 Å². The molecular formula is C9H18O3. The molecular weight excluding hydrogens is 156 g/mol. The van der Waals surface area contributed by atoms with Crippen molar-refractivity contribution in [1.29, 1.82) is 0 Å². The van der Waals surface area contributed by atoms with Crippen molar-refractivity contribution < 1.29 is 14.6 Å². The van der Waals surface area contributed by atoms with E-state index in [0.717, 1.165) is 0 Å². The van der Waals surface area contributed by atoms with E-state index in [1.165, 1.54) is 7.11 Å². The molecule has 0 rings (SSSR count). The molecule has 3 heteroatoms. The Morgan fingerprint density at radius 1 is 1.42 bits per heavy atom. The largest absolute Gasteiger partial charge is 0.469 e. The van der Waals surface area contributed by atoms with E-state index in [2.05, 4.69) is 4.74 Å². The topological polar surface area (TPSA) is 46.5 Å². The van der Waals surface area contributed by atoms with Crippen molar-refractivity contribution in [3.63, 3.8) is 0 Å². The minimum atomic E-state index is -0.586. The highest BCUT2D eigenvalue weighted by molar-refractivity contribution is 5.72. The molecule has 0 amide bonds. The van der Waals surface area contributed by atoms with Gasteiger partial charge in [-0.15, -0.1) is 0 Å². The van der Waals surface area contributed by atoms with Crippen LogP contribution in [-0.4, -0.2) is 24.3 Å². The Kier molecular flexibility index (Phi) is 4.90. The second-order valence-corrected chi connectivity index (χ2v) is 3.51. The Morgan fingerprint density at radius 3 is 2.25 bits per heavy atom. The van der Waals surface area contributed by atoms with Crippen molar-refractivity contribution >= 4 is 5.97 Å². The van der Waals surface area contributed by atoms with E-state index in [0.29, 0.717) is 12.3 Å². The van der Waals surface area contributed by atoms with Crippen LogP contribution >= 0.6 is 0 Å². The number of hydrogen-bond acceptors (Lipinski definition) is 3. The molecule has 0 aromatic rings. The monoisotopic (exact) mass is 174 g/mol. The normalized spacial score (nSPS) is 15.8. The van der Waals surface area contributed by atoms with Crippen LogP contribution in [-0.2, 0) is 9.53 Å². The number of aliphatic hydroxyl groups excluding tert-OH is 1. The van der Waals surface area contributed by atoms with Crippen molar-refractivity contribution in [2.45, 2.75) is 33.3 Å². The van der Waals surface area contributed by atoms with Crippen LogP contribution in [0, 0.1) is 11.8 Å². The fourth-order valence-electron chi connectivity index (χ4n) is 1.03. The number of ether oxygens (including phenoxy) is 1. The molecule has 0 saturated carbocycles. The number of rotatable bonds is 4. The first-order chi connectivity index (χ1) is 5.49. The number of esters is 1. The summed E-state index contributed by atoms with van der Waals surface area (Å²) in [6.07, 6.45) is 0.0495. The number of hydrogen-bond donors (Lipinski definition) is 1. The average molecular weight is 174 g/mol. The molecule has 2 unspecified atom stereocenters. The van der Waals surface area contributed by atoms with Crippen LogP contribution in [0.25, 0.3) is 0 Å². The van der Waals surface area contributed by atoms with Gasteiger partial charge in [-0.2, -0.15) is 0 Å². The maximum atomic E-state index is 11.0. The zero-order chi connectivity index (χ0) is 9.72. The number of carbonyl (C=O) groups excluding carboxylic acids is 1. The molecule has 12 heavy (non-hydrogen) atoms. The summed E-state index contributed by atoms with van der Waals surface area (Å²) >= 11 is 0. The third-order valence-corrected chi connectivity index (χ3v) is 1.86. The molecule has 3 nitrogen and oxygen atoms in total. The summed E-state index contributed by atoms with van der Waals surface area (Å²) in [5, 5.41) is 9.49. The fraction of sp³-hybridized carbons (Fsp3) is 0.889. The summed E-state index contributed by atoms with van der Waals surface area (Å²) in [5.41, 5.74) is 0. The molecule has 0 spiro atoms. The summed E-state index contributed by atoms with van der Waals surface area (Å²) in [7, 11) is 1.33. The van der Waals surface area contributed by atoms with Crippen LogP contribution in [0.3, 0.4) is 0 Å². The Balaban J connectivity index is 3.91. The first kappa shape index (κ1) is 11.4. The summed E-state index contributed by atoms with van der Waals surface area (Å²) in [6.45, 7) is 5.69. The van der Waals surface area contributed by atoms with Crippen LogP contribution in [0.5, 0.6) is 0 Å². The van der Waals surface area contributed by atoms with Crippen molar-refractivity contribution in [2.75, 3.05) is 7.11 Å². The Labute approximate surface area is 73.7 Å². The van der Waals surface area contributed by atoms with Gasteiger partial charge in [-0.05, 0) is 19.3 Å². The lowest BCUT2D eigenvalue weighted by Gasteiger charge is -2.17. The van der Waals surface area contributed by atoms with Crippen LogP contribution in [0.1, 0.15) is 27.2 Å². The maximum Gasteiger partial charge on any atom is 0.311 e. The van der Waals surface area contributed by atoms with E-state index < -0.39 is 12.0 Å². The highest BCUT2D eigenvalue weighted by Gasteiger charge is 2.22. The molecule has 0 aromatic carbocycles. The molecule has 0 saturated heterocycles. The van der Waals surface area contributed by atoms with Crippen LogP contribution < -0.4 is 0 Å². The lowest BCUT2D eigenvalue weighted by atomic mass is 9.96. The number of aliphatic hydroxyl groups is 1. The molecule has 0 fully saturated rings. The molecule has 72 valence electrons. The third-order valence-electron chi connectivity index (χ3n) is 1.86. The van der Waals surface area contributed by atoms with Crippen molar-refractivity contribution in [3.8, 4) is 0 Å². The second-order valence-electron chi connectivity index (χ2n) is 3.51. The van der Waals surface area contributed by atoms with Gasteiger partial charge in [-0.25, -0.2) is 0 Å². The molecule has 0 aromatic heterocycles. The summed E-state index contributed by atoms with van der Waals surface area (Å²) in [6, 6.07) is 0. The quantitative estimate of drug-likeness (QED) is 0.651. The minimum Gasteiger partial charge on any atom is -0.469 e. The van der Waals surface area contributed by atoms with Crippen molar-refractivity contribution in [3.05, 3.63) is 0 Å². The van der Waals surface area contributed by atoms with Gasteiger partial charge in [0.1, 0.15) is 0 Å². The highest BCUT2D eigenvalue weighted by Crippen LogP contribution is 2.13. The van der Waals surface area contributed by atoms with Crippen LogP contribution in [0.15, 0.2) is 0 Å². The molecule has 0 heterocycles. The fourth-order valence-corrected chi connectivity index (χ4v) is 1.03. The predicted molar refractivity (Wildman–Crippen MR) is 46.6 cm³/mol. The predicted octanol–water partition coefficient (Wildman–Crippen LogP) is 1.20. The number of carbonyl (C=O) groups is 1. The summed E-state index contributed by atoms with van der Waals surface area (Å²) in [5.74, 6) is -0.368. The second kappa shape index (κ2) is 5.14. The van der Waals surface area contributed by atoms with E-state index in [-0.39, 0.29) is 5.97 Å². The molecule has 0 aliphatic heterocycles. The van der Waals surface area contributed by atoms with Gasteiger partial charge in [0, 0.05) is 0 Å². The average Bonchev–Trinajstić information content (AvgIpc) is 2.00. The van der Waals surface area contributed by atoms with Gasteiger partial charge in [0.05, 0.1) is 19.1 Å². The first-order valence-corrected chi connectivity index (χ1v) is 4.25. The Morgan fingerprint density at radius 2 is 1.92 bits per heavy atom. The summed E-state index contributed by atoms with van der Waals surface area (Å²) in [4.78, 5) is 11.0. The van der Waals surface area contributed by atoms with Gasteiger partial charge < -0.3 is 9.84 Å². The van der Waals surface area contributed by atoms with Crippen molar-refractivity contribution in [2.24, 2.45) is 11.8 Å². The van der Waals surface area contributed by atoms with Gasteiger partial charge in [0.2, 0.25) is 0 Å². The molecule has 0 aliphatic carbocycles. The van der Waals surface area contributed by atoms with Gasteiger partial charge in [-0.1, -0.05) is 13.8 Å². The van der Waals surface area contributed by atoms with E-state index in [9.17, 15) is 9.90 Å². The molecule has 1 N–H and O–H groups in total. The van der Waals surface area contributed by atoms with E-state index in [1.54, 1.807) is 6.92 Å². The molecule has 0 bridgehead atoms. The van der Waals surface area contributed by atoms with Gasteiger partial charge in [-0.3, -0.25) is 4.79 Å². The SMILES string of the molecule is COC(=O)C(C)C(O)CC(C)C. The van der Waals surface area contributed by atoms with E-state index >= 15 is 0 Å². The summed E-state index contributed by atoms with van der Waals surface area (Å²) < 4.78 is 4.52. The first-order valence-electron chi connectivity index (χ1n) is 4.25. The van der Waals surface area contributed by atoms with Crippen LogP contribution in [0.2, 0.25) is 0 Å². The van der Waals surface area contributed by atoms with E-state index in [4.69, 9.17) is 0 Å². The molecule has 0 aliphatic rings. The van der Waals surface area contributed by atoms with Gasteiger partial charge >= 0.3 is 5.97 Å². The molecule has 2 atom stereocenters.